The molecule has 2 aromatic carbocycles. The second kappa shape index (κ2) is 9.56. The Morgan fingerprint density at radius 2 is 1.80 bits per heavy atom. The topological polar surface area (TPSA) is 34.1 Å². The maximum Gasteiger partial charge on any atom is 0.133 e. The van der Waals surface area contributed by atoms with E-state index in [2.05, 4.69) is 68.7 Å². The third kappa shape index (κ3) is 5.05. The number of nitrogens with zero attached hydrogens (tertiary/aromatic N) is 1. The van der Waals surface area contributed by atoms with Crippen LogP contribution in [0.25, 0.3) is 0 Å². The average molecular weight is 420 g/mol. The van der Waals surface area contributed by atoms with Gasteiger partial charge in [-0.2, -0.15) is 0 Å². The first kappa shape index (κ1) is 19.4. The van der Waals surface area contributed by atoms with Crippen LogP contribution in [0, 0.1) is 0 Å². The van der Waals surface area contributed by atoms with Gasteiger partial charge in [0.15, 0.2) is 0 Å². The fourth-order valence-electron chi connectivity index (χ4n) is 2.63. The monoisotopic (exact) mass is 418 g/mol. The molecule has 1 N–H and O–H groups in total. The second-order valence-corrected chi connectivity index (χ2v) is 6.30. The van der Waals surface area contributed by atoms with Crippen molar-refractivity contribution in [3.8, 4) is 5.75 Å². The largest absolute Gasteiger partial charge is 0.496 e. The summed E-state index contributed by atoms with van der Waals surface area (Å²) >= 11 is 3.54. The molecule has 0 fully saturated rings. The van der Waals surface area contributed by atoms with Gasteiger partial charge in [0.2, 0.25) is 0 Å². The summed E-state index contributed by atoms with van der Waals surface area (Å²) in [5.74, 6) is 0.836. The van der Waals surface area contributed by atoms with Crippen molar-refractivity contribution in [1.29, 1.82) is 0 Å². The molecule has 0 bridgehead atoms. The molecule has 130 valence electrons. The Bertz CT molecular complexity index is 745. The highest BCUT2D eigenvalue weighted by Crippen LogP contribution is 2.26. The van der Waals surface area contributed by atoms with Gasteiger partial charge in [0.1, 0.15) is 5.75 Å². The minimum absolute atomic E-state index is 0. The molecule has 0 saturated carbocycles. The molecule has 0 spiro atoms. The lowest BCUT2D eigenvalue weighted by Gasteiger charge is -2.19. The number of benzene rings is 2. The molecule has 1 atom stereocenters. The zero-order valence-corrected chi connectivity index (χ0v) is 16.3. The van der Waals surface area contributed by atoms with Gasteiger partial charge in [0, 0.05) is 12.7 Å². The molecule has 5 heteroatoms. The quantitative estimate of drug-likeness (QED) is 0.599. The third-order valence-corrected chi connectivity index (χ3v) is 4.46. The lowest BCUT2D eigenvalue weighted by molar-refractivity contribution is 0.412. The Morgan fingerprint density at radius 1 is 1.04 bits per heavy atom. The predicted octanol–water partition coefficient (Wildman–Crippen LogP) is 5.15. The van der Waals surface area contributed by atoms with Crippen LogP contribution in [0.5, 0.6) is 5.75 Å². The third-order valence-electron chi connectivity index (χ3n) is 3.84. The molecule has 0 aliphatic heterocycles. The normalized spacial score (nSPS) is 11.4. The molecule has 1 aromatic heterocycles. The van der Waals surface area contributed by atoms with Gasteiger partial charge in [0.25, 0.3) is 0 Å². The van der Waals surface area contributed by atoms with Gasteiger partial charge in [-0.25, -0.2) is 0 Å². The zero-order valence-electron chi connectivity index (χ0n) is 13.9. The van der Waals surface area contributed by atoms with Crippen molar-refractivity contribution < 1.29 is 4.74 Å². The van der Waals surface area contributed by atoms with Crippen molar-refractivity contribution in [2.45, 2.75) is 12.6 Å². The van der Waals surface area contributed by atoms with E-state index in [1.807, 2.05) is 30.5 Å². The summed E-state index contributed by atoms with van der Waals surface area (Å²) in [4.78, 5) is 4.52. The van der Waals surface area contributed by atoms with Gasteiger partial charge in [-0.15, -0.1) is 12.4 Å². The SMILES string of the molecule is COc1ccc(CNC(c2ccccc2)c2ccccn2)cc1Br.Cl. The fourth-order valence-corrected chi connectivity index (χ4v) is 3.21. The molecule has 0 aliphatic rings. The maximum atomic E-state index is 5.29. The smallest absolute Gasteiger partial charge is 0.133 e. The lowest BCUT2D eigenvalue weighted by Crippen LogP contribution is -2.22. The van der Waals surface area contributed by atoms with E-state index in [1.54, 1.807) is 7.11 Å². The number of halogens is 2. The Hall–Kier alpha value is -1.88. The number of pyridine rings is 1. The molecule has 0 aliphatic carbocycles. The molecule has 0 amide bonds. The second-order valence-electron chi connectivity index (χ2n) is 5.45. The molecule has 0 saturated heterocycles. The summed E-state index contributed by atoms with van der Waals surface area (Å²) in [5, 5.41) is 3.61. The fraction of sp³-hybridized carbons (Fsp3) is 0.150. The molecule has 0 radical (unpaired) electrons. The highest BCUT2D eigenvalue weighted by molar-refractivity contribution is 9.10. The molecule has 25 heavy (non-hydrogen) atoms. The van der Waals surface area contributed by atoms with Crippen molar-refractivity contribution in [3.63, 3.8) is 0 Å². The summed E-state index contributed by atoms with van der Waals surface area (Å²) in [6, 6.07) is 22.5. The van der Waals surface area contributed by atoms with Crippen molar-refractivity contribution in [2.24, 2.45) is 0 Å². The molecule has 3 nitrogen and oxygen atoms in total. The zero-order chi connectivity index (χ0) is 16.8. The van der Waals surface area contributed by atoms with Crippen LogP contribution in [0.3, 0.4) is 0 Å². The number of hydrogen-bond acceptors (Lipinski definition) is 3. The molecular weight excluding hydrogens is 400 g/mol. The van der Waals surface area contributed by atoms with Crippen LogP contribution in [0.4, 0.5) is 0 Å². The highest BCUT2D eigenvalue weighted by Gasteiger charge is 2.14. The standard InChI is InChI=1S/C20H19BrN2O.ClH/c1-24-19-11-10-15(13-17(19)21)14-23-20(16-7-3-2-4-8-16)18-9-5-6-12-22-18;/h2-13,20,23H,14H2,1H3;1H. The first-order valence-electron chi connectivity index (χ1n) is 7.79. The van der Waals surface area contributed by atoms with E-state index in [4.69, 9.17) is 4.74 Å². The number of hydrogen-bond donors (Lipinski definition) is 1. The first-order chi connectivity index (χ1) is 11.8. The van der Waals surface area contributed by atoms with Crippen molar-refractivity contribution >= 4 is 28.3 Å². The van der Waals surface area contributed by atoms with E-state index in [9.17, 15) is 0 Å². The van der Waals surface area contributed by atoms with Crippen LogP contribution in [-0.4, -0.2) is 12.1 Å². The number of nitrogens with one attached hydrogen (secondary N) is 1. The van der Waals surface area contributed by atoms with Crippen LogP contribution in [-0.2, 0) is 6.54 Å². The van der Waals surface area contributed by atoms with Crippen LogP contribution in [0.15, 0.2) is 77.4 Å². The van der Waals surface area contributed by atoms with Gasteiger partial charge in [-0.1, -0.05) is 42.5 Å². The van der Waals surface area contributed by atoms with Crippen LogP contribution in [0.2, 0.25) is 0 Å². The van der Waals surface area contributed by atoms with Crippen molar-refractivity contribution in [2.75, 3.05) is 7.11 Å². The Kier molecular flexibility index (Phi) is 7.44. The van der Waals surface area contributed by atoms with E-state index >= 15 is 0 Å². The Labute approximate surface area is 163 Å². The minimum atomic E-state index is 0. The van der Waals surface area contributed by atoms with Gasteiger partial charge >= 0.3 is 0 Å². The molecule has 1 heterocycles. The summed E-state index contributed by atoms with van der Waals surface area (Å²) < 4.78 is 6.24. The predicted molar refractivity (Wildman–Crippen MR) is 107 cm³/mol. The van der Waals surface area contributed by atoms with Crippen LogP contribution < -0.4 is 10.1 Å². The van der Waals surface area contributed by atoms with E-state index in [-0.39, 0.29) is 18.4 Å². The van der Waals surface area contributed by atoms with Crippen molar-refractivity contribution in [1.82, 2.24) is 10.3 Å². The van der Waals surface area contributed by atoms with Crippen molar-refractivity contribution in [3.05, 3.63) is 94.2 Å². The van der Waals surface area contributed by atoms with E-state index in [0.717, 1.165) is 22.5 Å². The number of aromatic nitrogens is 1. The van der Waals surface area contributed by atoms with Gasteiger partial charge < -0.3 is 10.1 Å². The minimum Gasteiger partial charge on any atom is -0.496 e. The Morgan fingerprint density at radius 3 is 2.44 bits per heavy atom. The summed E-state index contributed by atoms with van der Waals surface area (Å²) in [5.41, 5.74) is 3.39. The van der Waals surface area contributed by atoms with Crippen LogP contribution >= 0.6 is 28.3 Å². The lowest BCUT2D eigenvalue weighted by atomic mass is 10.0. The summed E-state index contributed by atoms with van der Waals surface area (Å²) in [7, 11) is 1.67. The molecule has 3 rings (SSSR count). The number of methoxy groups -OCH3 is 1. The molecule has 1 unspecified atom stereocenters. The van der Waals surface area contributed by atoms with Gasteiger partial charge in [-0.05, 0) is 51.3 Å². The molecular formula is C20H20BrClN2O. The van der Waals surface area contributed by atoms with Crippen LogP contribution in [0.1, 0.15) is 22.9 Å². The van der Waals surface area contributed by atoms with E-state index in [1.165, 1.54) is 11.1 Å². The van der Waals surface area contributed by atoms with Gasteiger partial charge in [-0.3, -0.25) is 4.98 Å². The first-order valence-corrected chi connectivity index (χ1v) is 8.59. The number of ether oxygens (including phenoxy) is 1. The number of rotatable bonds is 6. The highest BCUT2D eigenvalue weighted by atomic mass is 79.9. The Balaban J connectivity index is 0.00000225. The summed E-state index contributed by atoms with van der Waals surface area (Å²) in [6.45, 7) is 0.735. The average Bonchev–Trinajstić information content (AvgIpc) is 2.64. The van der Waals surface area contributed by atoms with Gasteiger partial charge in [0.05, 0.1) is 23.3 Å². The van der Waals surface area contributed by atoms with E-state index in [0.29, 0.717) is 0 Å². The van der Waals surface area contributed by atoms with E-state index < -0.39 is 0 Å². The summed E-state index contributed by atoms with van der Waals surface area (Å²) in [6.07, 6.45) is 1.83. The maximum absolute atomic E-state index is 5.29. The molecule has 3 aromatic rings.